The molecule has 8 heteroatoms. The van der Waals surface area contributed by atoms with Gasteiger partial charge in [0.2, 0.25) is 11.8 Å². The summed E-state index contributed by atoms with van der Waals surface area (Å²) in [6, 6.07) is 27.0. The van der Waals surface area contributed by atoms with Gasteiger partial charge >= 0.3 is 5.97 Å². The third kappa shape index (κ3) is 7.49. The molecule has 1 aliphatic carbocycles. The second-order valence-electron chi connectivity index (χ2n) is 12.6. The molecule has 0 saturated carbocycles. The van der Waals surface area contributed by atoms with Crippen molar-refractivity contribution in [2.75, 3.05) is 19.8 Å². The van der Waals surface area contributed by atoms with Gasteiger partial charge in [0, 0.05) is 18.9 Å². The van der Waals surface area contributed by atoms with Gasteiger partial charge in [0.1, 0.15) is 18.1 Å². The van der Waals surface area contributed by atoms with E-state index in [9.17, 15) is 19.5 Å². The van der Waals surface area contributed by atoms with E-state index >= 15 is 0 Å². The van der Waals surface area contributed by atoms with Gasteiger partial charge in [-0.15, -0.1) is 0 Å². The molecule has 0 radical (unpaired) electrons. The van der Waals surface area contributed by atoms with Crippen LogP contribution in [0.5, 0.6) is 11.5 Å². The highest BCUT2D eigenvalue weighted by molar-refractivity contribution is 6.06. The highest BCUT2D eigenvalue weighted by atomic mass is 16.5. The van der Waals surface area contributed by atoms with Gasteiger partial charge in [0.25, 0.3) is 0 Å². The molecule has 2 aliphatic heterocycles. The molecule has 2 fully saturated rings. The summed E-state index contributed by atoms with van der Waals surface area (Å²) >= 11 is 0. The molecule has 2 saturated heterocycles. The lowest BCUT2D eigenvalue weighted by molar-refractivity contribution is -0.141. The Hall–Kier alpha value is -4.69. The van der Waals surface area contributed by atoms with E-state index in [-0.39, 0.29) is 36.0 Å². The molecule has 47 heavy (non-hydrogen) atoms. The van der Waals surface area contributed by atoms with E-state index in [2.05, 4.69) is 18.2 Å². The number of imide groups is 1. The molecule has 2 N–H and O–H groups in total. The van der Waals surface area contributed by atoms with Crippen molar-refractivity contribution in [2.24, 2.45) is 17.8 Å². The Morgan fingerprint density at radius 2 is 1.66 bits per heavy atom. The summed E-state index contributed by atoms with van der Waals surface area (Å²) in [6.45, 7) is 1.01. The van der Waals surface area contributed by atoms with Crippen molar-refractivity contribution >= 4 is 29.4 Å². The van der Waals surface area contributed by atoms with Gasteiger partial charge in [-0.05, 0) is 84.2 Å². The van der Waals surface area contributed by atoms with Crippen LogP contribution in [0.15, 0.2) is 96.1 Å². The number of fused-ring (bicyclic) bond motifs is 3. The molecule has 2 amide bonds. The second kappa shape index (κ2) is 14.8. The van der Waals surface area contributed by atoms with Gasteiger partial charge in [-0.25, -0.2) is 0 Å². The largest absolute Gasteiger partial charge is 0.508 e. The number of aromatic hydroxyl groups is 1. The van der Waals surface area contributed by atoms with Gasteiger partial charge in [0.05, 0.1) is 24.5 Å². The number of hydrogen-bond donors (Lipinski definition) is 2. The number of likely N-dealkylation sites (tertiary alicyclic amines) is 1. The van der Waals surface area contributed by atoms with Crippen LogP contribution < -0.4 is 4.74 Å². The first-order chi connectivity index (χ1) is 22.9. The van der Waals surface area contributed by atoms with E-state index in [4.69, 9.17) is 14.6 Å². The van der Waals surface area contributed by atoms with Gasteiger partial charge in [-0.1, -0.05) is 73.2 Å². The molecular weight excluding hydrogens is 594 g/mol. The number of nitrogens with zero attached hydrogens (tertiary/aromatic N) is 1. The van der Waals surface area contributed by atoms with Crippen LogP contribution in [0.4, 0.5) is 0 Å². The molecule has 3 aromatic carbocycles. The number of carboxylic acid groups (broad SMARTS) is 1. The first kappa shape index (κ1) is 32.3. The fraction of sp³-hybridized carbons (Fsp3) is 0.359. The van der Waals surface area contributed by atoms with Crippen molar-refractivity contribution in [1.29, 1.82) is 0 Å². The molecule has 2 heterocycles. The lowest BCUT2D eigenvalue weighted by Gasteiger charge is -2.32. The van der Waals surface area contributed by atoms with Crippen LogP contribution in [0.25, 0.3) is 11.6 Å². The maximum absolute atomic E-state index is 13.8. The van der Waals surface area contributed by atoms with Crippen molar-refractivity contribution in [1.82, 2.24) is 4.90 Å². The van der Waals surface area contributed by atoms with E-state index in [1.54, 1.807) is 12.1 Å². The highest BCUT2D eigenvalue weighted by Crippen LogP contribution is 2.50. The molecule has 3 aromatic rings. The number of carbonyl (C=O) groups is 3. The molecule has 6 rings (SSSR count). The lowest BCUT2D eigenvalue weighted by Crippen LogP contribution is -2.35. The van der Waals surface area contributed by atoms with E-state index in [1.807, 2.05) is 60.7 Å². The standard InChI is InChI=1S/C39H41NO7/c41-30-14-10-11-26(22-30)21-28(27-12-4-1-5-13-27)18-19-34-36-29(24-46-31-15-6-2-7-16-31)23-32-37(33(36)25-47-34)39(45)40(38(32)44)20-9-3-8-17-35(42)43/h1-2,4-7,10-16,21-22,32-34,37,41H,3,8-9,17-20,23-25H2,(H,42,43)/b28-21-/t32-,33+,34-,37-/m1/s1. The fourth-order valence-corrected chi connectivity index (χ4v) is 7.36. The number of para-hydroxylation sites is 1. The van der Waals surface area contributed by atoms with E-state index < -0.39 is 17.8 Å². The summed E-state index contributed by atoms with van der Waals surface area (Å²) in [5, 5.41) is 19.0. The fourth-order valence-electron chi connectivity index (χ4n) is 7.36. The topological polar surface area (TPSA) is 113 Å². The van der Waals surface area contributed by atoms with Gasteiger partial charge in [0.15, 0.2) is 0 Å². The molecule has 4 atom stereocenters. The Labute approximate surface area is 275 Å². The molecule has 0 bridgehead atoms. The van der Waals surface area contributed by atoms with Gasteiger partial charge < -0.3 is 19.7 Å². The van der Waals surface area contributed by atoms with Gasteiger partial charge in [-0.2, -0.15) is 0 Å². The average Bonchev–Trinajstić information content (AvgIpc) is 3.60. The zero-order valence-corrected chi connectivity index (χ0v) is 26.4. The number of unbranched alkanes of at least 4 members (excludes halogenated alkanes) is 2. The highest BCUT2D eigenvalue weighted by Gasteiger charge is 2.56. The molecule has 0 spiro atoms. The number of hydrogen-bond acceptors (Lipinski definition) is 6. The number of ether oxygens (including phenoxy) is 2. The Morgan fingerprint density at radius 3 is 2.40 bits per heavy atom. The molecule has 0 unspecified atom stereocenters. The van der Waals surface area contributed by atoms with Crippen molar-refractivity contribution in [3.63, 3.8) is 0 Å². The van der Waals surface area contributed by atoms with Crippen LogP contribution in [0, 0.1) is 17.8 Å². The summed E-state index contributed by atoms with van der Waals surface area (Å²) < 4.78 is 12.7. The van der Waals surface area contributed by atoms with Crippen molar-refractivity contribution in [3.05, 3.63) is 107 Å². The number of rotatable bonds is 14. The Morgan fingerprint density at radius 1 is 0.894 bits per heavy atom. The van der Waals surface area contributed by atoms with Crippen molar-refractivity contribution < 1.29 is 34.1 Å². The second-order valence-corrected chi connectivity index (χ2v) is 12.6. The predicted octanol–water partition coefficient (Wildman–Crippen LogP) is 6.75. The van der Waals surface area contributed by atoms with E-state index in [0.29, 0.717) is 58.3 Å². The van der Waals surface area contributed by atoms with Crippen LogP contribution in [-0.2, 0) is 19.1 Å². The molecule has 0 aromatic heterocycles. The Balaban J connectivity index is 1.24. The summed E-state index contributed by atoms with van der Waals surface area (Å²) in [5.74, 6) is -1.27. The van der Waals surface area contributed by atoms with Crippen LogP contribution in [0.1, 0.15) is 56.1 Å². The number of allylic oxidation sites excluding steroid dienone is 1. The Bertz CT molecular complexity index is 1650. The number of amides is 2. The summed E-state index contributed by atoms with van der Waals surface area (Å²) in [5.41, 5.74) is 5.23. The molecule has 3 aliphatic rings. The number of carbonyl (C=O) groups excluding carboxylic acids is 2. The van der Waals surface area contributed by atoms with Gasteiger partial charge in [-0.3, -0.25) is 19.3 Å². The number of phenols is 1. The minimum Gasteiger partial charge on any atom is -0.508 e. The minimum absolute atomic E-state index is 0.0843. The molecule has 8 nitrogen and oxygen atoms in total. The van der Waals surface area contributed by atoms with Crippen molar-refractivity contribution in [2.45, 2.75) is 51.0 Å². The zero-order chi connectivity index (χ0) is 32.8. The minimum atomic E-state index is -0.838. The quantitative estimate of drug-likeness (QED) is 0.0872. The number of aliphatic carboxylic acids is 1. The lowest BCUT2D eigenvalue weighted by atomic mass is 9.69. The van der Waals surface area contributed by atoms with E-state index in [0.717, 1.165) is 33.6 Å². The third-order valence-corrected chi connectivity index (χ3v) is 9.56. The average molecular weight is 636 g/mol. The smallest absolute Gasteiger partial charge is 0.303 e. The first-order valence-electron chi connectivity index (χ1n) is 16.5. The Kier molecular flexibility index (Phi) is 10.2. The third-order valence-electron chi connectivity index (χ3n) is 9.56. The summed E-state index contributed by atoms with van der Waals surface area (Å²) in [7, 11) is 0. The monoisotopic (exact) mass is 635 g/mol. The van der Waals surface area contributed by atoms with Crippen LogP contribution in [0.3, 0.4) is 0 Å². The summed E-state index contributed by atoms with van der Waals surface area (Å²) in [6.07, 6.45) is 5.56. The zero-order valence-electron chi connectivity index (χ0n) is 26.4. The maximum Gasteiger partial charge on any atom is 0.303 e. The van der Waals surface area contributed by atoms with Crippen LogP contribution in [-0.4, -0.2) is 58.8 Å². The van der Waals surface area contributed by atoms with Crippen LogP contribution >= 0.6 is 0 Å². The first-order valence-corrected chi connectivity index (χ1v) is 16.5. The summed E-state index contributed by atoms with van der Waals surface area (Å²) in [4.78, 5) is 39.8. The predicted molar refractivity (Wildman–Crippen MR) is 178 cm³/mol. The molecule has 244 valence electrons. The molecular formula is C39H41NO7. The number of phenolic OH excluding ortho intramolecular Hbond substituents is 1. The normalized spacial score (nSPS) is 22.4. The SMILES string of the molecule is O=C(O)CCCCCN1C(=O)[C@@H]2[C@@H](CC(COc3ccccc3)=C3[C@@H](CC/C(=C/c4cccc(O)c4)c4ccccc4)OC[C@@H]32)C1=O. The number of benzene rings is 3. The van der Waals surface area contributed by atoms with E-state index in [1.165, 1.54) is 4.90 Å². The maximum atomic E-state index is 13.8. The van der Waals surface area contributed by atoms with Crippen LogP contribution in [0.2, 0.25) is 0 Å². The van der Waals surface area contributed by atoms with Crippen molar-refractivity contribution in [3.8, 4) is 11.5 Å². The number of carboxylic acids is 1.